The molecule has 1 aromatic rings. The van der Waals surface area contributed by atoms with Gasteiger partial charge in [-0.1, -0.05) is 0 Å². The van der Waals surface area contributed by atoms with Gasteiger partial charge >= 0.3 is 0 Å². The van der Waals surface area contributed by atoms with Crippen LogP contribution in [0.3, 0.4) is 0 Å². The maximum absolute atomic E-state index is 4.24. The zero-order valence-electron chi connectivity index (χ0n) is 9.32. The molecule has 0 amide bonds. The summed E-state index contributed by atoms with van der Waals surface area (Å²) >= 11 is 5.45. The Kier molecular flexibility index (Phi) is 4.46. The van der Waals surface area contributed by atoms with Crippen molar-refractivity contribution in [2.45, 2.75) is 37.0 Å². The van der Waals surface area contributed by atoms with E-state index in [0.29, 0.717) is 6.04 Å². The molecule has 0 saturated heterocycles. The Bertz CT molecular complexity index is 340. The lowest BCUT2D eigenvalue weighted by atomic mass is 9.95. The third-order valence-electron chi connectivity index (χ3n) is 3.02. The summed E-state index contributed by atoms with van der Waals surface area (Å²) in [6.07, 6.45) is 10.7. The fourth-order valence-corrected chi connectivity index (χ4v) is 3.13. The third-order valence-corrected chi connectivity index (χ3v) is 4.73. The number of hydrogen-bond acceptors (Lipinski definition) is 4. The zero-order chi connectivity index (χ0) is 11.4. The zero-order valence-corrected chi connectivity index (χ0v) is 11.7. The second kappa shape index (κ2) is 5.87. The Labute approximate surface area is 109 Å². The molecule has 0 aromatic carbocycles. The standard InChI is InChI=1S/C11H16BrN3S/c1-16-9-4-2-8(3-5-9)15-11-10(12)6-13-7-14-11/h6-9H,2-5H2,1H3,(H,13,14,15). The molecule has 0 radical (unpaired) electrons. The van der Waals surface area contributed by atoms with E-state index in [0.717, 1.165) is 15.5 Å². The van der Waals surface area contributed by atoms with E-state index in [9.17, 15) is 0 Å². The van der Waals surface area contributed by atoms with Gasteiger partial charge in [-0.25, -0.2) is 9.97 Å². The maximum Gasteiger partial charge on any atom is 0.143 e. The number of nitrogens with zero attached hydrogens (tertiary/aromatic N) is 2. The lowest BCUT2D eigenvalue weighted by Crippen LogP contribution is -2.27. The van der Waals surface area contributed by atoms with E-state index >= 15 is 0 Å². The SMILES string of the molecule is CSC1CCC(Nc2ncncc2Br)CC1. The summed E-state index contributed by atoms with van der Waals surface area (Å²) in [6, 6.07) is 0.564. The van der Waals surface area contributed by atoms with Gasteiger partial charge in [0.25, 0.3) is 0 Å². The average Bonchev–Trinajstić information content (AvgIpc) is 2.33. The fourth-order valence-electron chi connectivity index (χ4n) is 2.06. The molecule has 1 aliphatic rings. The molecule has 0 bridgehead atoms. The minimum absolute atomic E-state index is 0.564. The Hall–Kier alpha value is -0.290. The second-order valence-electron chi connectivity index (χ2n) is 4.07. The molecule has 88 valence electrons. The largest absolute Gasteiger partial charge is 0.366 e. The molecule has 0 unspecified atom stereocenters. The van der Waals surface area contributed by atoms with Gasteiger partial charge in [0.1, 0.15) is 12.1 Å². The molecule has 0 aliphatic heterocycles. The van der Waals surface area contributed by atoms with Crippen LogP contribution in [0.25, 0.3) is 0 Å². The number of rotatable bonds is 3. The number of hydrogen-bond donors (Lipinski definition) is 1. The van der Waals surface area contributed by atoms with Crippen molar-refractivity contribution in [2.24, 2.45) is 0 Å². The van der Waals surface area contributed by atoms with E-state index < -0.39 is 0 Å². The summed E-state index contributed by atoms with van der Waals surface area (Å²) in [6.45, 7) is 0. The highest BCUT2D eigenvalue weighted by Gasteiger charge is 2.20. The van der Waals surface area contributed by atoms with Gasteiger partial charge in [0, 0.05) is 17.5 Å². The average molecular weight is 302 g/mol. The molecule has 1 heterocycles. The second-order valence-corrected chi connectivity index (χ2v) is 6.07. The maximum atomic E-state index is 4.24. The van der Waals surface area contributed by atoms with Crippen LogP contribution in [0.1, 0.15) is 25.7 Å². The quantitative estimate of drug-likeness (QED) is 0.929. The Morgan fingerprint density at radius 1 is 1.38 bits per heavy atom. The van der Waals surface area contributed by atoms with Gasteiger partial charge < -0.3 is 5.32 Å². The molecular weight excluding hydrogens is 286 g/mol. The minimum atomic E-state index is 0.564. The first-order valence-electron chi connectivity index (χ1n) is 5.54. The molecule has 16 heavy (non-hydrogen) atoms. The van der Waals surface area contributed by atoms with Gasteiger partial charge in [-0.05, 0) is 47.9 Å². The van der Waals surface area contributed by atoms with E-state index in [1.807, 2.05) is 11.8 Å². The number of anilines is 1. The van der Waals surface area contributed by atoms with Gasteiger partial charge in [0.2, 0.25) is 0 Å². The normalized spacial score (nSPS) is 25.4. The van der Waals surface area contributed by atoms with Crippen molar-refractivity contribution in [3.63, 3.8) is 0 Å². The van der Waals surface area contributed by atoms with Crippen molar-refractivity contribution in [1.29, 1.82) is 0 Å². The Morgan fingerprint density at radius 2 is 2.12 bits per heavy atom. The number of halogens is 1. The van der Waals surface area contributed by atoms with Gasteiger partial charge in [0.15, 0.2) is 0 Å². The number of aromatic nitrogens is 2. The molecule has 2 rings (SSSR count). The lowest BCUT2D eigenvalue weighted by Gasteiger charge is -2.28. The van der Waals surface area contributed by atoms with Crippen molar-refractivity contribution in [3.05, 3.63) is 17.0 Å². The van der Waals surface area contributed by atoms with E-state index in [4.69, 9.17) is 0 Å². The molecule has 0 spiro atoms. The molecule has 1 N–H and O–H groups in total. The van der Waals surface area contributed by atoms with Crippen LogP contribution >= 0.6 is 27.7 Å². The first-order chi connectivity index (χ1) is 7.79. The van der Waals surface area contributed by atoms with Crippen LogP contribution in [0.4, 0.5) is 5.82 Å². The van der Waals surface area contributed by atoms with Crippen molar-refractivity contribution >= 4 is 33.5 Å². The molecule has 5 heteroatoms. The van der Waals surface area contributed by atoms with Crippen LogP contribution in [0.5, 0.6) is 0 Å². The molecule has 1 aromatic heterocycles. The summed E-state index contributed by atoms with van der Waals surface area (Å²) in [4.78, 5) is 8.20. The van der Waals surface area contributed by atoms with Crippen molar-refractivity contribution < 1.29 is 0 Å². The first kappa shape index (κ1) is 12.2. The Balaban J connectivity index is 1.89. The lowest BCUT2D eigenvalue weighted by molar-refractivity contribution is 0.472. The fraction of sp³-hybridized carbons (Fsp3) is 0.636. The minimum Gasteiger partial charge on any atom is -0.366 e. The first-order valence-corrected chi connectivity index (χ1v) is 7.62. The van der Waals surface area contributed by atoms with Gasteiger partial charge in [-0.2, -0.15) is 11.8 Å². The Morgan fingerprint density at radius 3 is 2.75 bits per heavy atom. The third kappa shape index (κ3) is 3.10. The van der Waals surface area contributed by atoms with Crippen LogP contribution < -0.4 is 5.32 Å². The van der Waals surface area contributed by atoms with Gasteiger partial charge in [-0.3, -0.25) is 0 Å². The summed E-state index contributed by atoms with van der Waals surface area (Å²) in [7, 11) is 0. The van der Waals surface area contributed by atoms with Crippen LogP contribution in [0, 0.1) is 0 Å². The summed E-state index contributed by atoms with van der Waals surface area (Å²) in [5.41, 5.74) is 0. The monoisotopic (exact) mass is 301 g/mol. The van der Waals surface area contributed by atoms with E-state index in [2.05, 4.69) is 37.5 Å². The topological polar surface area (TPSA) is 37.8 Å². The highest BCUT2D eigenvalue weighted by Crippen LogP contribution is 2.29. The number of nitrogens with one attached hydrogen (secondary N) is 1. The van der Waals surface area contributed by atoms with E-state index in [-0.39, 0.29) is 0 Å². The molecular formula is C11H16BrN3S. The van der Waals surface area contributed by atoms with Crippen LogP contribution in [-0.2, 0) is 0 Å². The predicted octanol–water partition coefficient (Wildman–Crippen LogP) is 3.33. The van der Waals surface area contributed by atoms with Gasteiger partial charge in [-0.15, -0.1) is 0 Å². The van der Waals surface area contributed by atoms with Crippen molar-refractivity contribution in [2.75, 3.05) is 11.6 Å². The molecule has 1 fully saturated rings. The highest BCUT2D eigenvalue weighted by atomic mass is 79.9. The predicted molar refractivity (Wildman–Crippen MR) is 72.9 cm³/mol. The molecule has 1 saturated carbocycles. The van der Waals surface area contributed by atoms with Crippen LogP contribution in [0.15, 0.2) is 17.0 Å². The summed E-state index contributed by atoms with van der Waals surface area (Å²) in [5.74, 6) is 0.919. The molecule has 0 atom stereocenters. The van der Waals surface area contributed by atoms with Crippen LogP contribution in [0.2, 0.25) is 0 Å². The van der Waals surface area contributed by atoms with E-state index in [1.165, 1.54) is 25.7 Å². The van der Waals surface area contributed by atoms with Crippen LogP contribution in [-0.4, -0.2) is 27.5 Å². The smallest absolute Gasteiger partial charge is 0.143 e. The van der Waals surface area contributed by atoms with Crippen molar-refractivity contribution in [1.82, 2.24) is 9.97 Å². The highest BCUT2D eigenvalue weighted by molar-refractivity contribution is 9.10. The molecule has 3 nitrogen and oxygen atoms in total. The summed E-state index contributed by atoms with van der Waals surface area (Å²) in [5, 5.41) is 4.34. The molecule has 1 aliphatic carbocycles. The van der Waals surface area contributed by atoms with E-state index in [1.54, 1.807) is 12.5 Å². The van der Waals surface area contributed by atoms with Gasteiger partial charge in [0.05, 0.1) is 4.47 Å². The van der Waals surface area contributed by atoms with Crippen molar-refractivity contribution in [3.8, 4) is 0 Å². The number of thioether (sulfide) groups is 1. The summed E-state index contributed by atoms with van der Waals surface area (Å²) < 4.78 is 0.946.